The summed E-state index contributed by atoms with van der Waals surface area (Å²) in [5, 5.41) is 4.28. The normalized spacial score (nSPS) is 29.6. The van der Waals surface area contributed by atoms with Crippen LogP contribution in [0.25, 0.3) is 10.9 Å². The molecular formula is C17H22N4O. The van der Waals surface area contributed by atoms with Crippen molar-refractivity contribution in [1.82, 2.24) is 20.2 Å². The molecule has 5 nitrogen and oxygen atoms in total. The van der Waals surface area contributed by atoms with E-state index < -0.39 is 0 Å². The molecule has 0 radical (unpaired) electrons. The Morgan fingerprint density at radius 2 is 2.18 bits per heavy atom. The minimum absolute atomic E-state index is 0.0212. The molecule has 0 unspecified atom stereocenters. The van der Waals surface area contributed by atoms with E-state index in [-0.39, 0.29) is 17.5 Å². The molecule has 3 aliphatic heterocycles. The van der Waals surface area contributed by atoms with Gasteiger partial charge >= 0.3 is 0 Å². The van der Waals surface area contributed by atoms with Crippen molar-refractivity contribution in [1.29, 1.82) is 0 Å². The number of carbonyl (C=O) groups is 1. The fraction of sp³-hybridized carbons (Fsp3) is 0.529. The minimum atomic E-state index is -0.0664. The molecule has 2 aromatic rings. The van der Waals surface area contributed by atoms with E-state index in [1.54, 1.807) is 6.20 Å². The number of pyridine rings is 1. The van der Waals surface area contributed by atoms with Crippen LogP contribution in [0.2, 0.25) is 0 Å². The molecule has 22 heavy (non-hydrogen) atoms. The molecule has 3 fully saturated rings. The van der Waals surface area contributed by atoms with E-state index in [2.05, 4.69) is 34.0 Å². The summed E-state index contributed by atoms with van der Waals surface area (Å²) < 4.78 is 0. The van der Waals surface area contributed by atoms with Gasteiger partial charge in [-0.2, -0.15) is 0 Å². The van der Waals surface area contributed by atoms with Gasteiger partial charge in [-0.1, -0.05) is 0 Å². The lowest BCUT2D eigenvalue weighted by molar-refractivity contribution is -0.0378. The van der Waals surface area contributed by atoms with Gasteiger partial charge in [0.25, 0.3) is 5.91 Å². The Kier molecular flexibility index (Phi) is 3.01. The lowest BCUT2D eigenvalue weighted by Gasteiger charge is -2.56. The summed E-state index contributed by atoms with van der Waals surface area (Å²) in [7, 11) is 0. The smallest absolute Gasteiger partial charge is 0.270 e. The highest BCUT2D eigenvalue weighted by Gasteiger charge is 2.48. The largest absolute Gasteiger partial charge is 0.361 e. The lowest BCUT2D eigenvalue weighted by Crippen LogP contribution is -2.69. The predicted octanol–water partition coefficient (Wildman–Crippen LogP) is 2.17. The van der Waals surface area contributed by atoms with Crippen molar-refractivity contribution in [2.45, 2.75) is 38.3 Å². The highest BCUT2D eigenvalue weighted by Crippen LogP contribution is 2.39. The Morgan fingerprint density at radius 3 is 2.91 bits per heavy atom. The highest BCUT2D eigenvalue weighted by atomic mass is 16.2. The predicted molar refractivity (Wildman–Crippen MR) is 85.7 cm³/mol. The summed E-state index contributed by atoms with van der Waals surface area (Å²) in [5.74, 6) is 0.515. The maximum absolute atomic E-state index is 12.6. The molecule has 0 saturated carbocycles. The average molecular weight is 298 g/mol. The summed E-state index contributed by atoms with van der Waals surface area (Å²) in [6.45, 7) is 6.78. The number of nitrogens with zero attached hydrogens (tertiary/aromatic N) is 2. The van der Waals surface area contributed by atoms with Crippen LogP contribution < -0.4 is 5.32 Å². The summed E-state index contributed by atoms with van der Waals surface area (Å²) in [5.41, 5.74) is 1.46. The van der Waals surface area contributed by atoms with Crippen LogP contribution in [0, 0.1) is 5.92 Å². The van der Waals surface area contributed by atoms with Crippen molar-refractivity contribution in [3.05, 3.63) is 30.2 Å². The molecule has 116 valence electrons. The summed E-state index contributed by atoms with van der Waals surface area (Å²) in [4.78, 5) is 22.6. The zero-order chi connectivity index (χ0) is 15.3. The molecule has 2 bridgehead atoms. The minimum Gasteiger partial charge on any atom is -0.361 e. The van der Waals surface area contributed by atoms with Gasteiger partial charge in [0.05, 0.1) is 0 Å². The molecule has 0 aliphatic carbocycles. The van der Waals surface area contributed by atoms with Crippen molar-refractivity contribution in [2.75, 3.05) is 13.1 Å². The lowest BCUT2D eigenvalue weighted by atomic mass is 9.72. The van der Waals surface area contributed by atoms with Crippen LogP contribution in [0.4, 0.5) is 0 Å². The molecular weight excluding hydrogens is 276 g/mol. The number of rotatable bonds is 2. The van der Waals surface area contributed by atoms with Gasteiger partial charge in [-0.15, -0.1) is 0 Å². The van der Waals surface area contributed by atoms with Gasteiger partial charge < -0.3 is 10.3 Å². The van der Waals surface area contributed by atoms with E-state index >= 15 is 0 Å². The first-order valence-corrected chi connectivity index (χ1v) is 8.05. The van der Waals surface area contributed by atoms with Crippen LogP contribution in [0.5, 0.6) is 0 Å². The van der Waals surface area contributed by atoms with Crippen molar-refractivity contribution in [3.63, 3.8) is 0 Å². The number of nitrogens with one attached hydrogen (secondary N) is 2. The zero-order valence-electron chi connectivity index (χ0n) is 13.1. The van der Waals surface area contributed by atoms with Crippen LogP contribution in [0.15, 0.2) is 24.5 Å². The van der Waals surface area contributed by atoms with Crippen molar-refractivity contribution < 1.29 is 4.79 Å². The molecule has 5 heterocycles. The molecule has 5 heteroatoms. The van der Waals surface area contributed by atoms with Crippen molar-refractivity contribution >= 4 is 16.8 Å². The van der Waals surface area contributed by atoms with Crippen molar-refractivity contribution in [2.24, 2.45) is 5.92 Å². The average Bonchev–Trinajstić information content (AvgIpc) is 2.98. The molecule has 1 amide bonds. The number of aromatic amines is 1. The van der Waals surface area contributed by atoms with Crippen molar-refractivity contribution in [3.8, 4) is 0 Å². The van der Waals surface area contributed by atoms with Crippen LogP contribution in [0.3, 0.4) is 0 Å². The number of H-pyrrole nitrogens is 1. The first-order chi connectivity index (χ1) is 10.6. The highest BCUT2D eigenvalue weighted by molar-refractivity contribution is 5.95. The Morgan fingerprint density at radius 1 is 1.41 bits per heavy atom. The number of amides is 1. The summed E-state index contributed by atoms with van der Waals surface area (Å²) in [6, 6.07) is 3.99. The quantitative estimate of drug-likeness (QED) is 0.893. The number of hydrogen-bond acceptors (Lipinski definition) is 3. The third-order valence-electron chi connectivity index (χ3n) is 5.54. The van der Waals surface area contributed by atoms with E-state index in [0.717, 1.165) is 24.0 Å². The Labute approximate surface area is 130 Å². The van der Waals surface area contributed by atoms with Crippen LogP contribution in [0.1, 0.15) is 37.2 Å². The second-order valence-electron chi connectivity index (χ2n) is 7.06. The third kappa shape index (κ3) is 2.03. The SMILES string of the molecule is CC1(C)[C@H](NC(=O)c2cc3[nH]ccc3cn2)C2CCN1CC2. The second-order valence-corrected chi connectivity index (χ2v) is 7.06. The van der Waals surface area contributed by atoms with Gasteiger partial charge in [-0.05, 0) is 57.8 Å². The number of hydrogen-bond donors (Lipinski definition) is 2. The van der Waals surface area contributed by atoms with Gasteiger partial charge in [0.15, 0.2) is 0 Å². The number of piperidine rings is 3. The molecule has 2 N–H and O–H groups in total. The maximum Gasteiger partial charge on any atom is 0.270 e. The Hall–Kier alpha value is -1.88. The van der Waals surface area contributed by atoms with E-state index in [1.165, 1.54) is 12.8 Å². The Balaban J connectivity index is 1.58. The Bertz CT molecular complexity index is 712. The molecule has 2 aromatic heterocycles. The fourth-order valence-corrected chi connectivity index (χ4v) is 4.16. The molecule has 5 rings (SSSR count). The number of carbonyl (C=O) groups excluding carboxylic acids is 1. The molecule has 1 atom stereocenters. The topological polar surface area (TPSA) is 61.0 Å². The molecule has 0 spiro atoms. The second kappa shape index (κ2) is 4.81. The van der Waals surface area contributed by atoms with Gasteiger partial charge in [-0.25, -0.2) is 0 Å². The molecule has 3 saturated heterocycles. The van der Waals surface area contributed by atoms with Gasteiger partial charge in [0.2, 0.25) is 0 Å². The summed E-state index contributed by atoms with van der Waals surface area (Å²) in [6.07, 6.45) is 5.97. The zero-order valence-corrected chi connectivity index (χ0v) is 13.1. The number of aromatic nitrogens is 2. The molecule has 3 aliphatic rings. The third-order valence-corrected chi connectivity index (χ3v) is 5.54. The van der Waals surface area contributed by atoms with Gasteiger partial charge in [-0.3, -0.25) is 14.7 Å². The van der Waals surface area contributed by atoms with E-state index in [1.807, 2.05) is 18.3 Å². The maximum atomic E-state index is 12.6. The van der Waals surface area contributed by atoms with Gasteiger partial charge in [0.1, 0.15) is 5.69 Å². The van der Waals surface area contributed by atoms with E-state index in [4.69, 9.17) is 0 Å². The van der Waals surface area contributed by atoms with E-state index in [0.29, 0.717) is 11.6 Å². The monoisotopic (exact) mass is 298 g/mol. The summed E-state index contributed by atoms with van der Waals surface area (Å²) >= 11 is 0. The van der Waals surface area contributed by atoms with Crippen LogP contribution >= 0.6 is 0 Å². The van der Waals surface area contributed by atoms with E-state index in [9.17, 15) is 4.79 Å². The first-order valence-electron chi connectivity index (χ1n) is 8.05. The van der Waals surface area contributed by atoms with Crippen LogP contribution in [-0.2, 0) is 0 Å². The fourth-order valence-electron chi connectivity index (χ4n) is 4.16. The standard InChI is InChI=1S/C17H22N4O/c1-17(2)15(11-4-7-21(17)8-5-11)20-16(22)14-9-13-12(10-19-14)3-6-18-13/h3,6,9-11,15,18H,4-5,7-8H2,1-2H3,(H,20,22)/t15-/m1/s1. The van der Waals surface area contributed by atoms with Gasteiger partial charge in [0, 0.05) is 34.9 Å². The molecule has 0 aromatic carbocycles. The van der Waals surface area contributed by atoms with Crippen LogP contribution in [-0.4, -0.2) is 45.4 Å². The first kappa shape index (κ1) is 13.8. The number of fused-ring (bicyclic) bond motifs is 4.